The highest BCUT2D eigenvalue weighted by Gasteiger charge is 2.16. The number of aromatic nitrogens is 2. The van der Waals surface area contributed by atoms with Gasteiger partial charge in [-0.3, -0.25) is 0 Å². The van der Waals surface area contributed by atoms with Crippen molar-refractivity contribution in [3.05, 3.63) is 237 Å². The van der Waals surface area contributed by atoms with Crippen LogP contribution in [0.15, 0.2) is 237 Å². The monoisotopic (exact) mass is 753 g/mol. The van der Waals surface area contributed by atoms with Gasteiger partial charge in [-0.25, -0.2) is 9.97 Å². The molecule has 0 atom stereocenters. The third kappa shape index (κ3) is 7.41. The zero-order chi connectivity index (χ0) is 39.4. The highest BCUT2D eigenvalue weighted by atomic mass is 15.1. The lowest BCUT2D eigenvalue weighted by Gasteiger charge is -2.27. The second-order valence-electron chi connectivity index (χ2n) is 14.6. The van der Waals surface area contributed by atoms with Crippen LogP contribution >= 0.6 is 0 Å². The second kappa shape index (κ2) is 15.9. The maximum atomic E-state index is 5.16. The Morgan fingerprint density at radius 2 is 0.644 bits per heavy atom. The molecule has 0 unspecified atom stereocenters. The molecule has 10 aromatic rings. The molecule has 10 rings (SSSR count). The van der Waals surface area contributed by atoms with Crippen LogP contribution in [0.5, 0.6) is 0 Å². The molecule has 0 fully saturated rings. The van der Waals surface area contributed by atoms with E-state index in [2.05, 4.69) is 229 Å². The number of fused-ring (bicyclic) bond motifs is 1. The van der Waals surface area contributed by atoms with Crippen molar-refractivity contribution < 1.29 is 0 Å². The van der Waals surface area contributed by atoms with Gasteiger partial charge in [0.25, 0.3) is 0 Å². The number of benzene rings is 9. The molecule has 0 N–H and O–H groups in total. The van der Waals surface area contributed by atoms with Crippen molar-refractivity contribution >= 4 is 27.8 Å². The van der Waals surface area contributed by atoms with E-state index in [1.54, 1.807) is 0 Å². The summed E-state index contributed by atoms with van der Waals surface area (Å²) >= 11 is 0. The van der Waals surface area contributed by atoms with E-state index >= 15 is 0 Å². The van der Waals surface area contributed by atoms with E-state index < -0.39 is 0 Å². The molecule has 0 saturated carbocycles. The summed E-state index contributed by atoms with van der Waals surface area (Å²) in [7, 11) is 0. The Bertz CT molecular complexity index is 2870. The molecule has 1 heterocycles. The summed E-state index contributed by atoms with van der Waals surface area (Å²) in [6.45, 7) is 0. The summed E-state index contributed by atoms with van der Waals surface area (Å²) in [5.74, 6) is 0.687. The van der Waals surface area contributed by atoms with Crippen LogP contribution in [0.1, 0.15) is 0 Å². The normalized spacial score (nSPS) is 11.1. The molecule has 3 nitrogen and oxygen atoms in total. The largest absolute Gasteiger partial charge is 0.310 e. The lowest BCUT2D eigenvalue weighted by Crippen LogP contribution is -2.10. The highest BCUT2D eigenvalue weighted by Crippen LogP contribution is 2.40. The van der Waals surface area contributed by atoms with Gasteiger partial charge in [-0.05, 0) is 75.2 Å². The van der Waals surface area contributed by atoms with E-state index in [9.17, 15) is 0 Å². The average molecular weight is 754 g/mol. The lowest BCUT2D eigenvalue weighted by atomic mass is 10.00. The zero-order valence-electron chi connectivity index (χ0n) is 32.4. The molecule has 0 aliphatic heterocycles. The quantitative estimate of drug-likeness (QED) is 0.147. The summed E-state index contributed by atoms with van der Waals surface area (Å²) in [6, 6.07) is 83.4. The topological polar surface area (TPSA) is 29.0 Å². The number of hydrogen-bond acceptors (Lipinski definition) is 3. The predicted octanol–water partition coefficient (Wildman–Crippen LogP) is 15.1. The molecule has 0 saturated heterocycles. The molecule has 0 spiro atoms. The standard InChI is InChI=1S/C56H39N3/c1-4-13-40(14-5-1)42-23-29-47(30-24-42)53-39-54(48-31-25-43(26-32-48)41-15-6-2-7-16-41)58-56(57-53)49-33-27-44(28-34-49)45-35-37-51(38-36-45)59(50-19-8-3-9-20-50)55-22-12-18-46-17-10-11-21-52(46)55/h1-39H. The first-order valence-corrected chi connectivity index (χ1v) is 20.0. The Labute approximate surface area is 345 Å². The van der Waals surface area contributed by atoms with Gasteiger partial charge in [0.1, 0.15) is 0 Å². The van der Waals surface area contributed by atoms with Crippen LogP contribution in [0.4, 0.5) is 17.1 Å². The second-order valence-corrected chi connectivity index (χ2v) is 14.6. The molecule has 0 aliphatic rings. The van der Waals surface area contributed by atoms with Crippen molar-refractivity contribution in [1.29, 1.82) is 0 Å². The van der Waals surface area contributed by atoms with Crippen molar-refractivity contribution in [2.24, 2.45) is 0 Å². The summed E-state index contributed by atoms with van der Waals surface area (Å²) < 4.78 is 0. The number of para-hydroxylation sites is 1. The van der Waals surface area contributed by atoms with E-state index in [4.69, 9.17) is 9.97 Å². The first-order chi connectivity index (χ1) is 29.2. The fourth-order valence-corrected chi connectivity index (χ4v) is 7.82. The maximum Gasteiger partial charge on any atom is 0.160 e. The first-order valence-electron chi connectivity index (χ1n) is 20.0. The van der Waals surface area contributed by atoms with Crippen molar-refractivity contribution in [3.63, 3.8) is 0 Å². The Morgan fingerprint density at radius 1 is 0.271 bits per heavy atom. The van der Waals surface area contributed by atoms with E-state index in [0.717, 1.165) is 56.3 Å². The SMILES string of the molecule is c1ccc(-c2ccc(-c3cc(-c4ccc(-c5ccccc5)cc4)nc(-c4ccc(-c5ccc(N(c6ccccc6)c6cccc7ccccc67)cc5)cc4)n3)cc2)cc1. The molecule has 0 radical (unpaired) electrons. The molecule has 9 aromatic carbocycles. The smallest absolute Gasteiger partial charge is 0.160 e. The van der Waals surface area contributed by atoms with Gasteiger partial charge in [0.2, 0.25) is 0 Å². The van der Waals surface area contributed by atoms with Gasteiger partial charge in [0, 0.05) is 33.5 Å². The van der Waals surface area contributed by atoms with Crippen molar-refractivity contribution in [1.82, 2.24) is 9.97 Å². The van der Waals surface area contributed by atoms with Gasteiger partial charge in [-0.2, -0.15) is 0 Å². The average Bonchev–Trinajstić information content (AvgIpc) is 3.33. The van der Waals surface area contributed by atoms with E-state index in [1.165, 1.54) is 33.0 Å². The van der Waals surface area contributed by atoms with Crippen LogP contribution in [0.3, 0.4) is 0 Å². The fourth-order valence-electron chi connectivity index (χ4n) is 7.82. The predicted molar refractivity (Wildman–Crippen MR) is 247 cm³/mol. The van der Waals surface area contributed by atoms with E-state index in [0.29, 0.717) is 5.82 Å². The highest BCUT2D eigenvalue weighted by molar-refractivity contribution is 5.99. The van der Waals surface area contributed by atoms with Gasteiger partial charge in [0.15, 0.2) is 5.82 Å². The number of nitrogens with zero attached hydrogens (tertiary/aromatic N) is 3. The molecular formula is C56H39N3. The Hall–Kier alpha value is -7.88. The van der Waals surface area contributed by atoms with Crippen LogP contribution in [0, 0.1) is 0 Å². The Balaban J connectivity index is 0.983. The number of rotatable bonds is 9. The van der Waals surface area contributed by atoms with Gasteiger partial charge in [-0.15, -0.1) is 0 Å². The molecule has 278 valence electrons. The number of anilines is 3. The fraction of sp³-hybridized carbons (Fsp3) is 0. The minimum Gasteiger partial charge on any atom is -0.310 e. The molecule has 0 bridgehead atoms. The van der Waals surface area contributed by atoms with Crippen LogP contribution in [0.2, 0.25) is 0 Å². The molecule has 1 aromatic heterocycles. The molecule has 0 aliphatic carbocycles. The third-order valence-electron chi connectivity index (χ3n) is 10.9. The summed E-state index contributed by atoms with van der Waals surface area (Å²) in [5, 5.41) is 2.42. The van der Waals surface area contributed by atoms with Crippen LogP contribution in [-0.4, -0.2) is 9.97 Å². The minimum absolute atomic E-state index is 0.687. The van der Waals surface area contributed by atoms with Crippen molar-refractivity contribution in [2.75, 3.05) is 4.90 Å². The van der Waals surface area contributed by atoms with Gasteiger partial charge >= 0.3 is 0 Å². The molecule has 3 heteroatoms. The molecule has 59 heavy (non-hydrogen) atoms. The third-order valence-corrected chi connectivity index (χ3v) is 10.9. The molecular weight excluding hydrogens is 715 g/mol. The number of hydrogen-bond donors (Lipinski definition) is 0. The summed E-state index contributed by atoms with van der Waals surface area (Å²) in [5.41, 5.74) is 15.1. The van der Waals surface area contributed by atoms with Crippen LogP contribution < -0.4 is 4.90 Å². The van der Waals surface area contributed by atoms with Gasteiger partial charge in [0.05, 0.1) is 17.1 Å². The van der Waals surface area contributed by atoms with Crippen molar-refractivity contribution in [2.45, 2.75) is 0 Å². The van der Waals surface area contributed by atoms with Crippen molar-refractivity contribution in [3.8, 4) is 67.3 Å². The van der Waals surface area contributed by atoms with Gasteiger partial charge in [-0.1, -0.05) is 200 Å². The van der Waals surface area contributed by atoms with Gasteiger partial charge < -0.3 is 4.90 Å². The van der Waals surface area contributed by atoms with E-state index in [-0.39, 0.29) is 0 Å². The van der Waals surface area contributed by atoms with Crippen LogP contribution in [-0.2, 0) is 0 Å². The Kier molecular flexibility index (Phi) is 9.59. The summed E-state index contributed by atoms with van der Waals surface area (Å²) in [4.78, 5) is 12.7. The first kappa shape index (κ1) is 35.5. The minimum atomic E-state index is 0.687. The Morgan fingerprint density at radius 3 is 1.17 bits per heavy atom. The zero-order valence-corrected chi connectivity index (χ0v) is 32.4. The van der Waals surface area contributed by atoms with Crippen LogP contribution in [0.25, 0.3) is 78.1 Å². The maximum absolute atomic E-state index is 5.16. The molecule has 0 amide bonds. The van der Waals surface area contributed by atoms with E-state index in [1.807, 2.05) is 12.1 Å². The summed E-state index contributed by atoms with van der Waals surface area (Å²) in [6.07, 6.45) is 0. The lowest BCUT2D eigenvalue weighted by molar-refractivity contribution is 1.18.